The molecular weight excluding hydrogens is 364 g/mol. The van der Waals surface area contributed by atoms with Crippen LogP contribution in [0.3, 0.4) is 0 Å². The van der Waals surface area contributed by atoms with Crippen LogP contribution in [0.2, 0.25) is 0 Å². The van der Waals surface area contributed by atoms with Crippen molar-refractivity contribution >= 4 is 0 Å². The topological polar surface area (TPSA) is 25.8 Å². The Bertz CT molecular complexity index is 943. The minimum absolute atomic E-state index is 0. The van der Waals surface area contributed by atoms with Crippen LogP contribution < -0.4 is 0 Å². The average molecular weight is 401 g/mol. The highest BCUT2D eigenvalue weighted by Gasteiger charge is 2.19. The maximum atomic E-state index is 4.65. The number of aryl methyl sites for hydroxylation is 1. The van der Waals surface area contributed by atoms with Gasteiger partial charge in [0.15, 0.2) is 0 Å². The number of hydrogen-bond acceptors (Lipinski definition) is 2. The zero-order valence-corrected chi connectivity index (χ0v) is 18.5. The van der Waals surface area contributed by atoms with Crippen LogP contribution in [0.1, 0.15) is 82.2 Å². The molecule has 1 saturated carbocycles. The highest BCUT2D eigenvalue weighted by atomic mass is 14.7. The first-order valence-electron chi connectivity index (χ1n) is 11.7. The van der Waals surface area contributed by atoms with Crippen LogP contribution in [-0.2, 0) is 12.8 Å². The highest BCUT2D eigenvalue weighted by molar-refractivity contribution is 5.62. The second kappa shape index (κ2) is 10.0. The summed E-state index contributed by atoms with van der Waals surface area (Å²) < 4.78 is 0. The van der Waals surface area contributed by atoms with E-state index < -0.39 is 0 Å². The smallest absolute Gasteiger partial charge is 0.0453 e. The molecule has 3 aromatic rings. The number of rotatable bonds is 7. The van der Waals surface area contributed by atoms with E-state index in [4.69, 9.17) is 0 Å². The van der Waals surface area contributed by atoms with Crippen LogP contribution in [0.25, 0.3) is 11.1 Å². The molecule has 0 N–H and O–H groups in total. The molecule has 2 nitrogen and oxygen atoms in total. The first-order valence-corrected chi connectivity index (χ1v) is 11.7. The summed E-state index contributed by atoms with van der Waals surface area (Å²) in [6.07, 6.45) is 13.7. The SMILES string of the molecule is CCCCc1ccc(-c2ccnc(Cc3cccc(C4CCC(C)CC4)c3)c2)cn1.[HH]. The van der Waals surface area contributed by atoms with Gasteiger partial charge >= 0.3 is 0 Å². The van der Waals surface area contributed by atoms with E-state index in [9.17, 15) is 0 Å². The summed E-state index contributed by atoms with van der Waals surface area (Å²) in [5.74, 6) is 1.63. The van der Waals surface area contributed by atoms with Gasteiger partial charge in [-0.2, -0.15) is 0 Å². The average Bonchev–Trinajstić information content (AvgIpc) is 2.79. The van der Waals surface area contributed by atoms with E-state index in [0.717, 1.165) is 30.4 Å². The summed E-state index contributed by atoms with van der Waals surface area (Å²) in [5.41, 5.74) is 7.56. The molecule has 1 aliphatic rings. The summed E-state index contributed by atoms with van der Waals surface area (Å²) in [6.45, 7) is 4.61. The molecule has 0 atom stereocenters. The summed E-state index contributed by atoms with van der Waals surface area (Å²) in [7, 11) is 0. The Labute approximate surface area is 183 Å². The van der Waals surface area contributed by atoms with Crippen LogP contribution in [0.4, 0.5) is 0 Å². The van der Waals surface area contributed by atoms with Crippen LogP contribution >= 0.6 is 0 Å². The van der Waals surface area contributed by atoms with Crippen LogP contribution in [0.5, 0.6) is 0 Å². The Kier molecular flexibility index (Phi) is 6.94. The zero-order valence-electron chi connectivity index (χ0n) is 18.5. The molecule has 1 fully saturated rings. The van der Waals surface area contributed by atoms with E-state index in [0.29, 0.717) is 0 Å². The fraction of sp³-hybridized carbons (Fsp3) is 0.429. The van der Waals surface area contributed by atoms with Crippen LogP contribution in [0.15, 0.2) is 60.9 Å². The minimum Gasteiger partial charge on any atom is -0.261 e. The molecule has 0 radical (unpaired) electrons. The third-order valence-corrected chi connectivity index (χ3v) is 6.58. The molecule has 0 bridgehead atoms. The van der Waals surface area contributed by atoms with Crippen molar-refractivity contribution in [1.82, 2.24) is 9.97 Å². The lowest BCUT2D eigenvalue weighted by Gasteiger charge is -2.26. The van der Waals surface area contributed by atoms with E-state index in [1.165, 1.54) is 66.5 Å². The van der Waals surface area contributed by atoms with E-state index in [1.54, 1.807) is 0 Å². The number of hydrogen-bond donors (Lipinski definition) is 0. The second-order valence-electron chi connectivity index (χ2n) is 9.06. The molecule has 2 heteroatoms. The number of unbranched alkanes of at least 4 members (excludes halogenated alkanes) is 1. The molecule has 2 heterocycles. The maximum Gasteiger partial charge on any atom is 0.0453 e. The van der Waals surface area contributed by atoms with Gasteiger partial charge in [0.2, 0.25) is 0 Å². The molecule has 2 aromatic heterocycles. The monoisotopic (exact) mass is 400 g/mol. The maximum absolute atomic E-state index is 4.65. The van der Waals surface area contributed by atoms with Gasteiger partial charge in [-0.15, -0.1) is 0 Å². The Morgan fingerprint density at radius 1 is 0.900 bits per heavy atom. The van der Waals surface area contributed by atoms with Gasteiger partial charge in [-0.05, 0) is 72.4 Å². The largest absolute Gasteiger partial charge is 0.261 e. The van der Waals surface area contributed by atoms with E-state index in [1.807, 2.05) is 12.4 Å². The highest BCUT2D eigenvalue weighted by Crippen LogP contribution is 2.35. The van der Waals surface area contributed by atoms with Crippen molar-refractivity contribution in [1.29, 1.82) is 0 Å². The van der Waals surface area contributed by atoms with Gasteiger partial charge < -0.3 is 0 Å². The molecule has 1 aromatic carbocycles. The van der Waals surface area contributed by atoms with Gasteiger partial charge in [0.05, 0.1) is 0 Å². The molecular formula is C28H36N2. The number of pyridine rings is 2. The van der Waals surface area contributed by atoms with Crippen molar-refractivity contribution in [3.63, 3.8) is 0 Å². The van der Waals surface area contributed by atoms with Crippen molar-refractivity contribution < 1.29 is 1.43 Å². The van der Waals surface area contributed by atoms with E-state index >= 15 is 0 Å². The van der Waals surface area contributed by atoms with Gasteiger partial charge in [0.1, 0.15) is 0 Å². The Morgan fingerprint density at radius 2 is 1.77 bits per heavy atom. The quantitative estimate of drug-likeness (QED) is 0.408. The first-order chi connectivity index (χ1) is 14.7. The molecule has 0 amide bonds. The van der Waals surface area contributed by atoms with Gasteiger partial charge in [0.25, 0.3) is 0 Å². The summed E-state index contributed by atoms with van der Waals surface area (Å²) in [6, 6.07) is 17.9. The Morgan fingerprint density at radius 3 is 2.53 bits per heavy atom. The number of aromatic nitrogens is 2. The summed E-state index contributed by atoms with van der Waals surface area (Å²) in [4.78, 5) is 9.30. The molecule has 1 aliphatic carbocycles. The van der Waals surface area contributed by atoms with Crippen molar-refractivity contribution in [3.8, 4) is 11.1 Å². The van der Waals surface area contributed by atoms with Gasteiger partial charge in [-0.1, -0.05) is 63.4 Å². The zero-order chi connectivity index (χ0) is 20.8. The lowest BCUT2D eigenvalue weighted by molar-refractivity contribution is 0.348. The predicted molar refractivity (Wildman–Crippen MR) is 128 cm³/mol. The van der Waals surface area contributed by atoms with Crippen LogP contribution in [0, 0.1) is 5.92 Å². The molecule has 30 heavy (non-hydrogen) atoms. The molecule has 158 valence electrons. The fourth-order valence-electron chi connectivity index (χ4n) is 4.62. The predicted octanol–water partition coefficient (Wildman–Crippen LogP) is 7.62. The summed E-state index contributed by atoms with van der Waals surface area (Å²) >= 11 is 0. The Hall–Kier alpha value is -2.48. The lowest BCUT2D eigenvalue weighted by atomic mass is 9.79. The van der Waals surface area contributed by atoms with Crippen molar-refractivity contribution in [3.05, 3.63) is 83.4 Å². The molecule has 0 aliphatic heterocycles. The molecule has 0 unspecified atom stereocenters. The lowest BCUT2D eigenvalue weighted by Crippen LogP contribution is -2.11. The Balaban J connectivity index is 0.00000272. The number of nitrogens with zero attached hydrogens (tertiary/aromatic N) is 2. The normalized spacial score (nSPS) is 19.0. The second-order valence-corrected chi connectivity index (χ2v) is 9.06. The van der Waals surface area contributed by atoms with E-state index in [-0.39, 0.29) is 1.43 Å². The third kappa shape index (κ3) is 5.36. The van der Waals surface area contributed by atoms with Crippen molar-refractivity contribution in [2.45, 2.75) is 71.1 Å². The molecule has 0 spiro atoms. The van der Waals surface area contributed by atoms with Gasteiger partial charge in [-0.25, -0.2) is 0 Å². The summed E-state index contributed by atoms with van der Waals surface area (Å²) in [5, 5.41) is 0. The van der Waals surface area contributed by atoms with E-state index in [2.05, 4.69) is 72.3 Å². The van der Waals surface area contributed by atoms with Crippen molar-refractivity contribution in [2.75, 3.05) is 0 Å². The minimum atomic E-state index is 0. The molecule has 4 rings (SSSR count). The first kappa shape index (κ1) is 20.8. The van der Waals surface area contributed by atoms with Gasteiger partial charge in [-0.3, -0.25) is 9.97 Å². The fourth-order valence-corrected chi connectivity index (χ4v) is 4.62. The molecule has 0 saturated heterocycles. The third-order valence-electron chi connectivity index (χ3n) is 6.58. The van der Waals surface area contributed by atoms with Crippen LogP contribution in [-0.4, -0.2) is 9.97 Å². The standard InChI is InChI=1S/C28H34N2.H2/c1-3-4-8-27-14-13-26(20-30-27)25-15-16-29-28(19-25)18-22-6-5-7-24(17-22)23-11-9-21(2)10-12-23;/h5-7,13-17,19-21,23H,3-4,8-12,18H2,1-2H3;1H. The number of benzene rings is 1. The van der Waals surface area contributed by atoms with Crippen molar-refractivity contribution in [2.24, 2.45) is 5.92 Å². The van der Waals surface area contributed by atoms with Gasteiger partial charge in [0, 0.05) is 37.2 Å².